The minimum Gasteiger partial charge on any atom is -0.481 e. The van der Waals surface area contributed by atoms with Crippen molar-refractivity contribution < 1.29 is 19.4 Å². The number of hydrogen-bond acceptors (Lipinski definition) is 3. The van der Waals surface area contributed by atoms with Gasteiger partial charge in [-0.15, -0.1) is 0 Å². The smallest absolute Gasteiger partial charge is 0.308 e. The number of likely N-dealkylation sites (tertiary alicyclic amines) is 1. The van der Waals surface area contributed by atoms with Gasteiger partial charge in [0.15, 0.2) is 0 Å². The van der Waals surface area contributed by atoms with E-state index in [1.54, 1.807) is 12.0 Å². The molecule has 0 aliphatic carbocycles. The van der Waals surface area contributed by atoms with Gasteiger partial charge in [-0.2, -0.15) is 0 Å². The largest absolute Gasteiger partial charge is 0.481 e. The van der Waals surface area contributed by atoms with Crippen molar-refractivity contribution in [2.75, 3.05) is 26.8 Å². The molecule has 1 aliphatic rings. The Morgan fingerprint density at radius 1 is 1.53 bits per heavy atom. The van der Waals surface area contributed by atoms with E-state index in [4.69, 9.17) is 9.84 Å². The third-order valence-corrected chi connectivity index (χ3v) is 2.63. The number of rotatable bonds is 5. The molecule has 1 saturated heterocycles. The van der Waals surface area contributed by atoms with E-state index in [0.717, 1.165) is 0 Å². The van der Waals surface area contributed by atoms with E-state index < -0.39 is 5.97 Å². The molecule has 1 atom stereocenters. The van der Waals surface area contributed by atoms with Gasteiger partial charge in [0.05, 0.1) is 5.92 Å². The summed E-state index contributed by atoms with van der Waals surface area (Å²) in [7, 11) is 1.60. The number of nitrogens with zero attached hydrogens (tertiary/aromatic N) is 1. The number of carboxylic acids is 1. The Bertz CT molecular complexity index is 242. The van der Waals surface area contributed by atoms with Crippen LogP contribution < -0.4 is 0 Å². The molecule has 1 rings (SSSR count). The summed E-state index contributed by atoms with van der Waals surface area (Å²) < 4.78 is 4.85. The lowest BCUT2D eigenvalue weighted by Crippen LogP contribution is -2.29. The van der Waals surface area contributed by atoms with Crippen LogP contribution in [0.5, 0.6) is 0 Å². The van der Waals surface area contributed by atoms with E-state index >= 15 is 0 Å². The summed E-state index contributed by atoms with van der Waals surface area (Å²) in [4.78, 5) is 23.9. The molecule has 1 amide bonds. The summed E-state index contributed by atoms with van der Waals surface area (Å²) in [6, 6.07) is 0. The van der Waals surface area contributed by atoms with Crippen LogP contribution in [0.25, 0.3) is 0 Å². The Labute approximate surface area is 89.0 Å². The topological polar surface area (TPSA) is 66.8 Å². The number of methoxy groups -OCH3 is 1. The summed E-state index contributed by atoms with van der Waals surface area (Å²) in [5.41, 5.74) is 0. The molecular formula is C10H17NO4. The molecule has 1 heterocycles. The summed E-state index contributed by atoms with van der Waals surface area (Å²) in [6.45, 7) is 1.51. The lowest BCUT2D eigenvalue weighted by molar-refractivity contribution is -0.141. The Kier molecular flexibility index (Phi) is 4.55. The van der Waals surface area contributed by atoms with Gasteiger partial charge in [0.1, 0.15) is 0 Å². The first-order valence-corrected chi connectivity index (χ1v) is 5.14. The van der Waals surface area contributed by atoms with Crippen molar-refractivity contribution in [3.05, 3.63) is 0 Å². The van der Waals surface area contributed by atoms with E-state index in [2.05, 4.69) is 0 Å². The third-order valence-electron chi connectivity index (χ3n) is 2.63. The second-order valence-electron chi connectivity index (χ2n) is 3.76. The van der Waals surface area contributed by atoms with Gasteiger partial charge in [-0.05, 0) is 12.8 Å². The number of carbonyl (C=O) groups is 2. The van der Waals surface area contributed by atoms with Crippen LogP contribution in [0.15, 0.2) is 0 Å². The fourth-order valence-corrected chi connectivity index (χ4v) is 1.71. The molecule has 0 aromatic carbocycles. The maximum atomic E-state index is 11.6. The second kappa shape index (κ2) is 5.70. The first-order chi connectivity index (χ1) is 7.15. The maximum absolute atomic E-state index is 11.6. The number of hydrogen-bond donors (Lipinski definition) is 1. The van der Waals surface area contributed by atoms with Crippen molar-refractivity contribution in [1.82, 2.24) is 4.90 Å². The SMILES string of the molecule is COCCCC(=O)N1CCC(C(=O)O)C1. The van der Waals surface area contributed by atoms with E-state index in [0.29, 0.717) is 39.0 Å². The highest BCUT2D eigenvalue weighted by molar-refractivity contribution is 5.78. The molecule has 0 radical (unpaired) electrons. The fourth-order valence-electron chi connectivity index (χ4n) is 1.71. The maximum Gasteiger partial charge on any atom is 0.308 e. The molecule has 1 unspecified atom stereocenters. The molecule has 0 saturated carbocycles. The average Bonchev–Trinajstić information content (AvgIpc) is 2.66. The van der Waals surface area contributed by atoms with Gasteiger partial charge in [-0.1, -0.05) is 0 Å². The lowest BCUT2D eigenvalue weighted by Gasteiger charge is -2.15. The van der Waals surface area contributed by atoms with Gasteiger partial charge in [0.25, 0.3) is 0 Å². The highest BCUT2D eigenvalue weighted by Crippen LogP contribution is 2.17. The van der Waals surface area contributed by atoms with Gasteiger partial charge >= 0.3 is 5.97 Å². The van der Waals surface area contributed by atoms with Crippen molar-refractivity contribution >= 4 is 11.9 Å². The van der Waals surface area contributed by atoms with Gasteiger partial charge in [-0.25, -0.2) is 0 Å². The molecule has 0 spiro atoms. The quantitative estimate of drug-likeness (QED) is 0.672. The number of ether oxygens (including phenoxy) is 1. The zero-order valence-electron chi connectivity index (χ0n) is 8.94. The molecule has 5 nitrogen and oxygen atoms in total. The van der Waals surface area contributed by atoms with Crippen LogP contribution in [0, 0.1) is 5.92 Å². The average molecular weight is 215 g/mol. The second-order valence-corrected chi connectivity index (χ2v) is 3.76. The van der Waals surface area contributed by atoms with Crippen LogP contribution in [0.1, 0.15) is 19.3 Å². The van der Waals surface area contributed by atoms with Crippen molar-refractivity contribution in [1.29, 1.82) is 0 Å². The molecule has 86 valence electrons. The predicted molar refractivity (Wildman–Crippen MR) is 53.4 cm³/mol. The van der Waals surface area contributed by atoms with Crippen molar-refractivity contribution in [2.24, 2.45) is 5.92 Å². The van der Waals surface area contributed by atoms with E-state index in [1.807, 2.05) is 0 Å². The minimum absolute atomic E-state index is 0.0378. The van der Waals surface area contributed by atoms with Crippen molar-refractivity contribution in [3.63, 3.8) is 0 Å². The standard InChI is InChI=1S/C10H17NO4/c1-15-6-2-3-9(12)11-5-4-8(7-11)10(13)14/h8H,2-7H2,1H3,(H,13,14). The molecular weight excluding hydrogens is 198 g/mol. The number of carbonyl (C=O) groups excluding carboxylic acids is 1. The molecule has 0 bridgehead atoms. The Morgan fingerprint density at radius 2 is 2.27 bits per heavy atom. The summed E-state index contributed by atoms with van der Waals surface area (Å²) in [6.07, 6.45) is 1.72. The van der Waals surface area contributed by atoms with Gasteiger partial charge in [0, 0.05) is 33.2 Å². The van der Waals surface area contributed by atoms with Gasteiger partial charge < -0.3 is 14.7 Å². The molecule has 1 N–H and O–H groups in total. The number of amides is 1. The van der Waals surface area contributed by atoms with Crippen LogP contribution in [-0.4, -0.2) is 48.7 Å². The van der Waals surface area contributed by atoms with Crippen LogP contribution in [-0.2, 0) is 14.3 Å². The van der Waals surface area contributed by atoms with Crippen molar-refractivity contribution in [2.45, 2.75) is 19.3 Å². The fraction of sp³-hybridized carbons (Fsp3) is 0.800. The Balaban J connectivity index is 2.27. The molecule has 15 heavy (non-hydrogen) atoms. The van der Waals surface area contributed by atoms with Crippen LogP contribution >= 0.6 is 0 Å². The van der Waals surface area contributed by atoms with Crippen LogP contribution in [0.4, 0.5) is 0 Å². The predicted octanol–water partition coefficient (Wildman–Crippen LogP) is 0.346. The number of carboxylic acid groups (broad SMARTS) is 1. The summed E-state index contributed by atoms with van der Waals surface area (Å²) >= 11 is 0. The minimum atomic E-state index is -0.804. The highest BCUT2D eigenvalue weighted by Gasteiger charge is 2.30. The zero-order valence-corrected chi connectivity index (χ0v) is 8.94. The summed E-state index contributed by atoms with van der Waals surface area (Å²) in [5, 5.41) is 8.77. The third kappa shape index (κ3) is 3.51. The van der Waals surface area contributed by atoms with E-state index in [1.165, 1.54) is 0 Å². The Hall–Kier alpha value is -1.10. The first-order valence-electron chi connectivity index (χ1n) is 5.14. The normalized spacial score (nSPS) is 20.6. The van der Waals surface area contributed by atoms with Crippen LogP contribution in [0.3, 0.4) is 0 Å². The molecule has 0 aromatic heterocycles. The Morgan fingerprint density at radius 3 is 2.80 bits per heavy atom. The lowest BCUT2D eigenvalue weighted by atomic mass is 10.1. The zero-order chi connectivity index (χ0) is 11.3. The van der Waals surface area contributed by atoms with Crippen molar-refractivity contribution in [3.8, 4) is 0 Å². The number of aliphatic carboxylic acids is 1. The summed E-state index contributed by atoms with van der Waals surface area (Å²) in [5.74, 6) is -1.14. The molecule has 1 aliphatic heterocycles. The van der Waals surface area contributed by atoms with Gasteiger partial charge in [0.2, 0.25) is 5.91 Å². The highest BCUT2D eigenvalue weighted by atomic mass is 16.5. The molecule has 0 aromatic rings. The molecule has 5 heteroatoms. The van der Waals surface area contributed by atoms with E-state index in [-0.39, 0.29) is 11.8 Å². The monoisotopic (exact) mass is 215 g/mol. The molecule has 1 fully saturated rings. The van der Waals surface area contributed by atoms with Crippen LogP contribution in [0.2, 0.25) is 0 Å². The van der Waals surface area contributed by atoms with Gasteiger partial charge in [-0.3, -0.25) is 9.59 Å². The van der Waals surface area contributed by atoms with E-state index in [9.17, 15) is 9.59 Å². The first kappa shape index (κ1) is 12.0.